The summed E-state index contributed by atoms with van der Waals surface area (Å²) in [6.45, 7) is 1.61. The molecular formula is C25H18Cl2N3NaO6S. The summed E-state index contributed by atoms with van der Waals surface area (Å²) in [5.74, 6) is -0.960. The number of anilines is 1. The molecule has 0 fully saturated rings. The molecule has 0 aliphatic rings. The molecule has 0 heterocycles. The first-order valence-corrected chi connectivity index (χ1v) is 12.8. The molecule has 0 spiro atoms. The summed E-state index contributed by atoms with van der Waals surface area (Å²) in [4.78, 5) is 12.5. The van der Waals surface area contributed by atoms with Gasteiger partial charge >= 0.3 is 29.6 Å². The molecule has 0 bridgehead atoms. The minimum atomic E-state index is -4.62. The Morgan fingerprint density at radius 3 is 2.39 bits per heavy atom. The predicted molar refractivity (Wildman–Crippen MR) is 140 cm³/mol. The van der Waals surface area contributed by atoms with Crippen LogP contribution in [-0.2, 0) is 10.1 Å². The maximum Gasteiger partial charge on any atom is 1.00 e. The minimum absolute atomic E-state index is 0. The molecule has 1 amide bonds. The van der Waals surface area contributed by atoms with Crippen molar-refractivity contribution in [1.82, 2.24) is 0 Å². The van der Waals surface area contributed by atoms with Crippen LogP contribution in [0.3, 0.4) is 0 Å². The molecule has 0 aliphatic carbocycles. The van der Waals surface area contributed by atoms with Gasteiger partial charge in [-0.15, -0.1) is 0 Å². The Labute approximate surface area is 250 Å². The van der Waals surface area contributed by atoms with Gasteiger partial charge in [-0.1, -0.05) is 53.2 Å². The van der Waals surface area contributed by atoms with Crippen LogP contribution in [0, 0.1) is 6.92 Å². The molecule has 4 aromatic carbocycles. The fraction of sp³-hybridized carbons (Fsp3) is 0.0800. The van der Waals surface area contributed by atoms with Crippen LogP contribution in [0.25, 0.3) is 10.8 Å². The third-order valence-corrected chi connectivity index (χ3v) is 7.03. The van der Waals surface area contributed by atoms with Crippen LogP contribution in [-0.4, -0.2) is 26.0 Å². The second kappa shape index (κ2) is 12.0. The fourth-order valence-electron chi connectivity index (χ4n) is 3.57. The summed E-state index contributed by atoms with van der Waals surface area (Å²) < 4.78 is 37.8. The molecule has 2 N–H and O–H groups in total. The van der Waals surface area contributed by atoms with E-state index in [1.165, 1.54) is 25.3 Å². The minimum Gasteiger partial charge on any atom is -0.870 e. The van der Waals surface area contributed by atoms with E-state index in [0.717, 1.165) is 6.07 Å². The Morgan fingerprint density at radius 2 is 1.74 bits per heavy atom. The molecule has 0 aliphatic heterocycles. The van der Waals surface area contributed by atoms with E-state index in [1.54, 1.807) is 43.3 Å². The SMILES string of the molecule is COc1ccc(NC(=O)c2cc3ccccc3c(N=Nc3cc(S(=O)(=O)O)c(Cl)cc3C)c2[O-])cc1Cl.[Na+]. The smallest absolute Gasteiger partial charge is 0.870 e. The molecule has 0 atom stereocenters. The monoisotopic (exact) mass is 581 g/mol. The van der Waals surface area contributed by atoms with Gasteiger partial charge in [0, 0.05) is 16.6 Å². The molecule has 0 aromatic heterocycles. The van der Waals surface area contributed by atoms with Crippen LogP contribution >= 0.6 is 23.2 Å². The van der Waals surface area contributed by atoms with Gasteiger partial charge in [-0.3, -0.25) is 9.35 Å². The third-order valence-electron chi connectivity index (χ3n) is 5.42. The number of fused-ring (bicyclic) bond motifs is 1. The van der Waals surface area contributed by atoms with Gasteiger partial charge in [0.1, 0.15) is 10.6 Å². The number of carbonyl (C=O) groups is 1. The second-order valence-corrected chi connectivity index (χ2v) is 10.1. The maximum atomic E-state index is 13.4. The van der Waals surface area contributed by atoms with Crippen molar-refractivity contribution in [1.29, 1.82) is 0 Å². The van der Waals surface area contributed by atoms with Crippen molar-refractivity contribution < 1.29 is 57.2 Å². The first-order valence-electron chi connectivity index (χ1n) is 10.6. The van der Waals surface area contributed by atoms with Crippen LogP contribution < -0.4 is 44.7 Å². The topological polar surface area (TPSA) is 140 Å². The van der Waals surface area contributed by atoms with Gasteiger partial charge < -0.3 is 15.2 Å². The van der Waals surface area contributed by atoms with E-state index in [1.807, 2.05) is 0 Å². The molecule has 0 saturated carbocycles. The summed E-state index contributed by atoms with van der Waals surface area (Å²) in [6.07, 6.45) is 0. The van der Waals surface area contributed by atoms with Gasteiger partial charge in [0.15, 0.2) is 0 Å². The number of nitrogens with one attached hydrogen (secondary N) is 1. The number of benzene rings is 4. The number of methoxy groups -OCH3 is 1. The summed E-state index contributed by atoms with van der Waals surface area (Å²) in [7, 11) is -3.16. The summed E-state index contributed by atoms with van der Waals surface area (Å²) >= 11 is 12.1. The van der Waals surface area contributed by atoms with E-state index in [0.29, 0.717) is 27.8 Å². The summed E-state index contributed by atoms with van der Waals surface area (Å²) in [5.41, 5.74) is 0.539. The number of ether oxygens (including phenoxy) is 1. The molecule has 4 aromatic rings. The average Bonchev–Trinajstić information content (AvgIpc) is 2.83. The molecule has 190 valence electrons. The van der Waals surface area contributed by atoms with Crippen molar-refractivity contribution in [2.24, 2.45) is 10.2 Å². The normalized spacial score (nSPS) is 11.4. The van der Waals surface area contributed by atoms with E-state index in [-0.39, 0.29) is 56.5 Å². The van der Waals surface area contributed by atoms with Crippen molar-refractivity contribution in [3.8, 4) is 11.5 Å². The van der Waals surface area contributed by atoms with Gasteiger partial charge in [0.25, 0.3) is 16.0 Å². The fourth-order valence-corrected chi connectivity index (χ4v) is 4.91. The number of carbonyl (C=O) groups excluding carboxylic acids is 1. The maximum absolute atomic E-state index is 13.4. The first-order chi connectivity index (χ1) is 17.5. The molecule has 0 radical (unpaired) electrons. The summed E-state index contributed by atoms with van der Waals surface area (Å²) in [5, 5.41) is 25.2. The van der Waals surface area contributed by atoms with Crippen LogP contribution in [0.4, 0.5) is 17.1 Å². The van der Waals surface area contributed by atoms with E-state index in [9.17, 15) is 22.9 Å². The second-order valence-electron chi connectivity index (χ2n) is 7.87. The Morgan fingerprint density at radius 1 is 1.03 bits per heavy atom. The Kier molecular flexibility index (Phi) is 9.43. The van der Waals surface area contributed by atoms with Crippen molar-refractivity contribution in [2.45, 2.75) is 11.8 Å². The van der Waals surface area contributed by atoms with Crippen LogP contribution in [0.1, 0.15) is 15.9 Å². The van der Waals surface area contributed by atoms with Crippen molar-refractivity contribution in [2.75, 3.05) is 12.4 Å². The number of rotatable bonds is 6. The number of halogens is 2. The molecule has 9 nitrogen and oxygen atoms in total. The van der Waals surface area contributed by atoms with E-state index >= 15 is 0 Å². The number of hydrogen-bond acceptors (Lipinski definition) is 7. The van der Waals surface area contributed by atoms with Crippen LogP contribution in [0.5, 0.6) is 11.5 Å². The standard InChI is InChI=1S/C25H19Cl2N3O6S.Na/c1-13-9-19(27)22(37(33,34)35)12-20(13)29-30-23-16-6-4-3-5-14(16)10-17(24(23)31)25(32)28-15-7-8-21(36-2)18(26)11-15;/h3-12,31H,1-2H3,(H,28,32)(H,33,34,35);/q;+1/p-1. The van der Waals surface area contributed by atoms with E-state index in [2.05, 4.69) is 15.5 Å². The van der Waals surface area contributed by atoms with Gasteiger partial charge in [0.2, 0.25) is 0 Å². The van der Waals surface area contributed by atoms with Crippen molar-refractivity contribution in [3.63, 3.8) is 0 Å². The quantitative estimate of drug-likeness (QED) is 0.203. The van der Waals surface area contributed by atoms with Crippen molar-refractivity contribution in [3.05, 3.63) is 81.8 Å². The molecule has 0 unspecified atom stereocenters. The number of hydrogen-bond donors (Lipinski definition) is 2. The molecule has 38 heavy (non-hydrogen) atoms. The number of aryl methyl sites for hydroxylation is 1. The number of nitrogens with zero attached hydrogens (tertiary/aromatic N) is 2. The third kappa shape index (κ3) is 6.29. The van der Waals surface area contributed by atoms with Crippen LogP contribution in [0.2, 0.25) is 10.0 Å². The molecular weight excluding hydrogens is 564 g/mol. The molecule has 4 rings (SSSR count). The first kappa shape index (κ1) is 29.9. The van der Waals surface area contributed by atoms with Gasteiger partial charge in [-0.05, 0) is 54.3 Å². The zero-order valence-electron chi connectivity index (χ0n) is 20.3. The zero-order chi connectivity index (χ0) is 26.9. The van der Waals surface area contributed by atoms with Gasteiger partial charge in [-0.25, -0.2) is 0 Å². The molecule has 13 heteroatoms. The Bertz CT molecular complexity index is 1700. The predicted octanol–water partition coefficient (Wildman–Crippen LogP) is 3.46. The average molecular weight is 582 g/mol. The van der Waals surface area contributed by atoms with E-state index < -0.39 is 26.7 Å². The Hall–Kier alpha value is -2.70. The molecule has 0 saturated heterocycles. The number of azo groups is 1. The summed E-state index contributed by atoms with van der Waals surface area (Å²) in [6, 6.07) is 15.2. The van der Waals surface area contributed by atoms with E-state index in [4.69, 9.17) is 27.9 Å². The largest absolute Gasteiger partial charge is 1.00 e. The Balaban J connectivity index is 0.00000400. The van der Waals surface area contributed by atoms with Crippen LogP contribution in [0.15, 0.2) is 75.8 Å². The van der Waals surface area contributed by atoms with Crippen molar-refractivity contribution >= 4 is 67.1 Å². The van der Waals surface area contributed by atoms with Gasteiger partial charge in [-0.2, -0.15) is 18.6 Å². The zero-order valence-corrected chi connectivity index (χ0v) is 24.6. The van der Waals surface area contributed by atoms with Gasteiger partial charge in [0.05, 0.1) is 28.5 Å². The number of amides is 1.